The number of aromatic nitrogens is 3. The predicted octanol–water partition coefficient (Wildman–Crippen LogP) is 4.01. The van der Waals surface area contributed by atoms with Crippen LogP contribution in [0.3, 0.4) is 0 Å². The summed E-state index contributed by atoms with van der Waals surface area (Å²) in [6, 6.07) is 9.55. The van der Waals surface area contributed by atoms with E-state index in [1.807, 2.05) is 6.92 Å². The van der Waals surface area contributed by atoms with E-state index in [4.69, 9.17) is 10.00 Å². The molecule has 2 aliphatic rings. The number of piperidine rings is 1. The highest BCUT2D eigenvalue weighted by molar-refractivity contribution is 5.96. The van der Waals surface area contributed by atoms with Crippen LogP contribution in [0.15, 0.2) is 48.9 Å². The molecule has 0 saturated carbocycles. The zero-order valence-corrected chi connectivity index (χ0v) is 25.0. The third-order valence-electron chi connectivity index (χ3n) is 8.40. The Morgan fingerprint density at radius 1 is 1.07 bits per heavy atom. The molecule has 0 atom stereocenters. The van der Waals surface area contributed by atoms with E-state index in [9.17, 15) is 18.4 Å². The van der Waals surface area contributed by atoms with Gasteiger partial charge in [-0.2, -0.15) is 9.65 Å². The Morgan fingerprint density at radius 2 is 1.80 bits per heavy atom. The second kappa shape index (κ2) is 12.7. The maximum atomic E-state index is 15.2. The van der Waals surface area contributed by atoms with Crippen LogP contribution < -0.4 is 15.4 Å². The molecule has 2 amide bonds. The number of ether oxygens (including phenoxy) is 1. The fraction of sp³-hybridized carbons (Fsp3) is 0.344. The number of anilines is 2. The molecular weight excluding hydrogens is 601 g/mol. The highest BCUT2D eigenvalue weighted by atomic mass is 19.2. The predicted molar refractivity (Wildman–Crippen MR) is 162 cm³/mol. The van der Waals surface area contributed by atoms with Crippen LogP contribution >= 0.6 is 0 Å². The van der Waals surface area contributed by atoms with Crippen molar-refractivity contribution in [3.63, 3.8) is 0 Å². The summed E-state index contributed by atoms with van der Waals surface area (Å²) >= 11 is 0. The van der Waals surface area contributed by atoms with Gasteiger partial charge in [-0.1, -0.05) is 0 Å². The van der Waals surface area contributed by atoms with Crippen molar-refractivity contribution in [2.45, 2.75) is 25.4 Å². The molecule has 14 heteroatoms. The van der Waals surface area contributed by atoms with Crippen molar-refractivity contribution in [2.24, 2.45) is 0 Å². The molecule has 238 valence electrons. The van der Waals surface area contributed by atoms with E-state index in [1.54, 1.807) is 39.8 Å². The molecule has 46 heavy (non-hydrogen) atoms. The van der Waals surface area contributed by atoms with E-state index in [2.05, 4.69) is 20.6 Å². The second-order valence-corrected chi connectivity index (χ2v) is 11.3. The molecular formula is C32H31F3N8O3. The van der Waals surface area contributed by atoms with Crippen LogP contribution in [0.2, 0.25) is 0 Å². The molecule has 0 unspecified atom stereocenters. The summed E-state index contributed by atoms with van der Waals surface area (Å²) in [6.07, 6.45) is 4.77. The molecule has 0 aliphatic carbocycles. The Morgan fingerprint density at radius 3 is 2.52 bits per heavy atom. The van der Waals surface area contributed by atoms with Crippen molar-refractivity contribution in [3.05, 3.63) is 71.7 Å². The number of benzene rings is 2. The first-order chi connectivity index (χ1) is 22.2. The number of alkyl halides is 1. The van der Waals surface area contributed by atoms with Gasteiger partial charge in [0.2, 0.25) is 5.82 Å². The van der Waals surface area contributed by atoms with Crippen LogP contribution in [0.4, 0.5) is 24.7 Å². The number of carbonyl (C=O) groups excluding carboxylic acids is 2. The molecule has 2 aromatic carbocycles. The van der Waals surface area contributed by atoms with E-state index in [1.165, 1.54) is 29.4 Å². The van der Waals surface area contributed by atoms with Gasteiger partial charge in [0.15, 0.2) is 35.3 Å². The normalized spacial score (nSPS) is 16.2. The minimum atomic E-state index is -1.85. The largest absolute Gasteiger partial charge is 0.476 e. The molecule has 6 rings (SSSR count). The molecule has 0 bridgehead atoms. The van der Waals surface area contributed by atoms with E-state index in [-0.39, 0.29) is 48.8 Å². The number of nitriles is 1. The van der Waals surface area contributed by atoms with Crippen LogP contribution in [0, 0.1) is 29.9 Å². The lowest BCUT2D eigenvalue weighted by Gasteiger charge is -2.39. The maximum Gasteiger partial charge on any atom is 0.260 e. The van der Waals surface area contributed by atoms with E-state index in [0.29, 0.717) is 54.5 Å². The maximum absolute atomic E-state index is 15.2. The van der Waals surface area contributed by atoms with Crippen molar-refractivity contribution >= 4 is 29.0 Å². The van der Waals surface area contributed by atoms with Gasteiger partial charge in [0, 0.05) is 68.2 Å². The molecule has 2 N–H and O–H groups in total. The number of halogens is 3. The number of carbonyl (C=O) groups is 2. The van der Waals surface area contributed by atoms with Crippen molar-refractivity contribution in [1.29, 1.82) is 5.26 Å². The van der Waals surface area contributed by atoms with Gasteiger partial charge in [-0.15, -0.1) is 0 Å². The Labute approximate surface area is 262 Å². The highest BCUT2D eigenvalue weighted by Gasteiger charge is 2.43. The van der Waals surface area contributed by atoms with Crippen molar-refractivity contribution < 1.29 is 27.5 Å². The number of hydrogen-bond acceptors (Lipinski definition) is 8. The Balaban J connectivity index is 1.15. The molecule has 2 aromatic heterocycles. The zero-order valence-electron chi connectivity index (χ0n) is 25.0. The average molecular weight is 633 g/mol. The third-order valence-corrected chi connectivity index (χ3v) is 8.40. The van der Waals surface area contributed by atoms with E-state index < -0.39 is 29.8 Å². The van der Waals surface area contributed by atoms with Crippen molar-refractivity contribution in [3.8, 4) is 23.1 Å². The number of nitrogens with one attached hydrogen (secondary N) is 2. The summed E-state index contributed by atoms with van der Waals surface area (Å²) in [6.45, 7) is 3.51. The first-order valence-corrected chi connectivity index (χ1v) is 14.9. The number of imidazole rings is 1. The summed E-state index contributed by atoms with van der Waals surface area (Å²) in [5.74, 6) is -3.02. The molecule has 2 saturated heterocycles. The van der Waals surface area contributed by atoms with Crippen LogP contribution in [0.25, 0.3) is 16.9 Å². The lowest BCUT2D eigenvalue weighted by molar-refractivity contribution is -0.147. The van der Waals surface area contributed by atoms with Gasteiger partial charge < -0.3 is 25.2 Å². The van der Waals surface area contributed by atoms with Crippen LogP contribution in [-0.2, 0) is 4.79 Å². The third kappa shape index (κ3) is 5.81. The summed E-state index contributed by atoms with van der Waals surface area (Å²) in [7, 11) is 0. The number of aryl methyl sites for hydroxylation is 1. The van der Waals surface area contributed by atoms with Gasteiger partial charge in [-0.05, 0) is 55.9 Å². The Bertz CT molecular complexity index is 1840. The van der Waals surface area contributed by atoms with Crippen molar-refractivity contribution in [1.82, 2.24) is 29.5 Å². The lowest BCUT2D eigenvalue weighted by atomic mass is 9.92. The van der Waals surface area contributed by atoms with Crippen molar-refractivity contribution in [2.75, 3.05) is 51.2 Å². The van der Waals surface area contributed by atoms with Crippen LogP contribution in [0.1, 0.15) is 28.8 Å². The second-order valence-electron chi connectivity index (χ2n) is 11.3. The molecule has 0 radical (unpaired) electrons. The van der Waals surface area contributed by atoms with Gasteiger partial charge in [0.1, 0.15) is 6.07 Å². The summed E-state index contributed by atoms with van der Waals surface area (Å²) < 4.78 is 51.3. The fourth-order valence-electron chi connectivity index (χ4n) is 5.88. The molecule has 11 nitrogen and oxygen atoms in total. The fourth-order valence-corrected chi connectivity index (χ4v) is 5.88. The quantitative estimate of drug-likeness (QED) is 0.313. The van der Waals surface area contributed by atoms with E-state index in [0.717, 1.165) is 0 Å². The molecule has 4 heterocycles. The molecule has 2 fully saturated rings. The average Bonchev–Trinajstić information content (AvgIpc) is 3.50. The van der Waals surface area contributed by atoms with Gasteiger partial charge in [-0.25, -0.2) is 18.7 Å². The smallest absolute Gasteiger partial charge is 0.260 e. The summed E-state index contributed by atoms with van der Waals surface area (Å²) in [5.41, 5.74) is 0.568. The van der Waals surface area contributed by atoms with E-state index >= 15 is 4.39 Å². The number of fused-ring (bicyclic) bond motifs is 1. The van der Waals surface area contributed by atoms with Gasteiger partial charge in [-0.3, -0.25) is 14.0 Å². The first-order valence-electron chi connectivity index (χ1n) is 14.9. The zero-order chi connectivity index (χ0) is 32.4. The molecule has 2 aliphatic heterocycles. The highest BCUT2D eigenvalue weighted by Crippen LogP contribution is 2.32. The topological polar surface area (TPSA) is 128 Å². The van der Waals surface area contributed by atoms with Crippen LogP contribution in [0.5, 0.6) is 5.75 Å². The minimum absolute atomic E-state index is 0.0501. The van der Waals surface area contributed by atoms with Gasteiger partial charge in [0.05, 0.1) is 11.9 Å². The van der Waals surface area contributed by atoms with Crippen LogP contribution in [-0.4, -0.2) is 87.5 Å². The number of piperazine rings is 1. The Hall–Kier alpha value is -5.16. The minimum Gasteiger partial charge on any atom is -0.476 e. The lowest BCUT2D eigenvalue weighted by Crippen LogP contribution is -2.57. The standard InChI is InChI=1S/C32H31F3N8O3/c1-20-18-21(2-3-22(20)30(44)41-13-15-42(16-14-41)31(45)32(35)6-9-37-10-7-32)40-28-29-39-19-24(43(29)12-11-38-28)23-4-5-25(46-17-8-36)27(34)26(23)33/h2-5,11-12,18-19,37H,6-7,9-10,13-17H2,1H3,(H,38,40). The number of amides is 2. The summed E-state index contributed by atoms with van der Waals surface area (Å²) in [4.78, 5) is 38.2. The number of nitrogens with zero attached hydrogens (tertiary/aromatic N) is 6. The number of hydrogen-bond donors (Lipinski definition) is 2. The molecule has 0 spiro atoms. The first kappa shape index (κ1) is 30.8. The Kier molecular flexibility index (Phi) is 8.50. The SMILES string of the molecule is Cc1cc(Nc2nccn3c(-c4ccc(OCC#N)c(F)c4F)cnc23)ccc1C(=O)N1CCN(C(=O)C2(F)CCNCC2)CC1. The summed E-state index contributed by atoms with van der Waals surface area (Å²) in [5, 5.41) is 14.9. The number of rotatable bonds is 7. The van der Waals surface area contributed by atoms with Gasteiger partial charge in [0.25, 0.3) is 11.8 Å². The van der Waals surface area contributed by atoms with Gasteiger partial charge >= 0.3 is 0 Å². The monoisotopic (exact) mass is 632 g/mol. The molecule has 4 aromatic rings.